The van der Waals surface area contributed by atoms with Gasteiger partial charge in [0, 0.05) is 43.3 Å². The quantitative estimate of drug-likeness (QED) is 0.657. The highest BCUT2D eigenvalue weighted by Crippen LogP contribution is 2.22. The maximum absolute atomic E-state index is 4.67. The largest absolute Gasteiger partial charge is 0.378 e. The average Bonchev–Trinajstić information content (AvgIpc) is 2.64. The predicted octanol–water partition coefficient (Wildman–Crippen LogP) is 4.41. The van der Waals surface area contributed by atoms with Gasteiger partial charge in [0.1, 0.15) is 14.1 Å². The molecule has 0 aliphatic heterocycles. The molecule has 3 rings (SSSR count). The molecule has 4 nitrogen and oxygen atoms in total. The second kappa shape index (κ2) is 7.83. The molecule has 2 aromatic carbocycles. The summed E-state index contributed by atoms with van der Waals surface area (Å²) in [4.78, 5) is 6.76. The van der Waals surface area contributed by atoms with Crippen molar-refractivity contribution in [3.8, 4) is 0 Å². The Bertz CT molecular complexity index is 861. The molecule has 0 saturated heterocycles. The lowest BCUT2D eigenvalue weighted by atomic mass is 10.1. The van der Waals surface area contributed by atoms with Crippen LogP contribution in [0.25, 0.3) is 0 Å². The molecule has 1 N–H and O–H groups in total. The van der Waals surface area contributed by atoms with E-state index in [0.29, 0.717) is 0 Å². The molecular formula is C22H25N4+. The fourth-order valence-electron chi connectivity index (χ4n) is 2.60. The maximum atomic E-state index is 4.67. The third-order valence-electron chi connectivity index (χ3n) is 4.16. The van der Waals surface area contributed by atoms with E-state index < -0.39 is 0 Å². The van der Waals surface area contributed by atoms with Gasteiger partial charge in [0.05, 0.1) is 11.4 Å². The van der Waals surface area contributed by atoms with E-state index in [1.807, 2.05) is 64.6 Å². The topological polar surface area (TPSA) is 30.6 Å². The van der Waals surface area contributed by atoms with E-state index in [1.54, 1.807) is 0 Å². The van der Waals surface area contributed by atoms with Crippen LogP contribution in [0.5, 0.6) is 0 Å². The number of allylic oxidation sites excluding steroid dienone is 4. The van der Waals surface area contributed by atoms with Gasteiger partial charge in [-0.15, -0.1) is 0 Å². The highest BCUT2D eigenvalue weighted by molar-refractivity contribution is 6.17. The van der Waals surface area contributed by atoms with Crippen LogP contribution < -0.4 is 10.2 Å². The molecule has 0 bridgehead atoms. The molecule has 0 amide bonds. The molecule has 0 saturated carbocycles. The van der Waals surface area contributed by atoms with Gasteiger partial charge >= 0.3 is 0 Å². The first-order valence-corrected chi connectivity index (χ1v) is 8.65. The van der Waals surface area contributed by atoms with Crippen LogP contribution in [0.15, 0.2) is 77.8 Å². The molecule has 0 radical (unpaired) electrons. The minimum Gasteiger partial charge on any atom is -0.378 e. The van der Waals surface area contributed by atoms with Gasteiger partial charge in [0.2, 0.25) is 0 Å². The van der Waals surface area contributed by atoms with Gasteiger partial charge in [-0.05, 0) is 60.7 Å². The van der Waals surface area contributed by atoms with Gasteiger partial charge < -0.3 is 10.2 Å². The number of benzene rings is 2. The first-order valence-electron chi connectivity index (χ1n) is 8.65. The zero-order chi connectivity index (χ0) is 18.5. The Morgan fingerprint density at radius 1 is 0.769 bits per heavy atom. The third-order valence-corrected chi connectivity index (χ3v) is 4.16. The van der Waals surface area contributed by atoms with Crippen molar-refractivity contribution in [3.05, 3.63) is 72.8 Å². The minimum absolute atomic E-state index is 0.941. The fourth-order valence-corrected chi connectivity index (χ4v) is 2.60. The second-order valence-corrected chi connectivity index (χ2v) is 6.64. The number of nitrogens with zero attached hydrogens (tertiary/aromatic N) is 3. The number of hydrogen-bond acceptors (Lipinski definition) is 3. The first kappa shape index (κ1) is 17.7. The molecule has 0 spiro atoms. The lowest BCUT2D eigenvalue weighted by Crippen LogP contribution is -2.11. The van der Waals surface area contributed by atoms with Crippen LogP contribution in [0, 0.1) is 0 Å². The molecule has 1 aliphatic carbocycles. The van der Waals surface area contributed by atoms with Crippen molar-refractivity contribution >= 4 is 34.2 Å². The lowest BCUT2D eigenvalue weighted by molar-refractivity contribution is -0.462. The Hall–Kier alpha value is -3.14. The van der Waals surface area contributed by atoms with Gasteiger partial charge in [0.15, 0.2) is 5.71 Å². The number of anilines is 3. The van der Waals surface area contributed by atoms with Crippen molar-refractivity contribution in [3.63, 3.8) is 0 Å². The van der Waals surface area contributed by atoms with Gasteiger partial charge in [0.25, 0.3) is 0 Å². The molecule has 4 heteroatoms. The molecule has 0 unspecified atom stereocenters. The molecule has 0 aromatic heterocycles. The van der Waals surface area contributed by atoms with Gasteiger partial charge in [-0.3, -0.25) is 0 Å². The van der Waals surface area contributed by atoms with Crippen molar-refractivity contribution in [1.82, 2.24) is 0 Å². The summed E-state index contributed by atoms with van der Waals surface area (Å²) < 4.78 is 2.08. The standard InChI is InChI=1S/C22H24N4/c1-25(2)21-13-9-19(10-14-21)23-17-5-7-18(8-6-17)24-20-11-15-22(16-12-20)26(3)4/h5-16H,1-4H3/p+1. The summed E-state index contributed by atoms with van der Waals surface area (Å²) in [5, 5.41) is 3.42. The number of aliphatic imine (C=N–C) groups is 1. The SMILES string of the molecule is CN(C)c1ccc(Nc2ccc(N=C3C=CC(=[N+](C)C)C=C3)cc2)cc1. The number of nitrogens with one attached hydrogen (secondary N) is 1. The normalized spacial score (nSPS) is 12.9. The minimum atomic E-state index is 0.941. The molecule has 0 fully saturated rings. The van der Waals surface area contributed by atoms with Crippen molar-refractivity contribution in [1.29, 1.82) is 0 Å². The van der Waals surface area contributed by atoms with Crippen LogP contribution in [0.1, 0.15) is 0 Å². The Balaban J connectivity index is 1.67. The van der Waals surface area contributed by atoms with Crippen LogP contribution in [0.3, 0.4) is 0 Å². The van der Waals surface area contributed by atoms with E-state index in [4.69, 9.17) is 0 Å². The van der Waals surface area contributed by atoms with Crippen molar-refractivity contribution < 1.29 is 4.58 Å². The highest BCUT2D eigenvalue weighted by atomic mass is 15.1. The monoisotopic (exact) mass is 345 g/mol. The molecule has 0 heterocycles. The summed E-state index contributed by atoms with van der Waals surface area (Å²) >= 11 is 0. The van der Waals surface area contributed by atoms with Gasteiger partial charge in [-0.2, -0.15) is 0 Å². The highest BCUT2D eigenvalue weighted by Gasteiger charge is 2.05. The molecular weight excluding hydrogens is 320 g/mol. The summed E-state index contributed by atoms with van der Waals surface area (Å²) in [6.07, 6.45) is 8.22. The zero-order valence-corrected chi connectivity index (χ0v) is 15.8. The summed E-state index contributed by atoms with van der Waals surface area (Å²) in [6.45, 7) is 0. The predicted molar refractivity (Wildman–Crippen MR) is 113 cm³/mol. The smallest absolute Gasteiger partial charge is 0.199 e. The maximum Gasteiger partial charge on any atom is 0.199 e. The molecule has 1 aliphatic rings. The lowest BCUT2D eigenvalue weighted by Gasteiger charge is -2.13. The number of rotatable bonds is 4. The van der Waals surface area contributed by atoms with E-state index in [0.717, 1.165) is 22.8 Å². The molecule has 2 aromatic rings. The van der Waals surface area contributed by atoms with E-state index in [9.17, 15) is 0 Å². The summed E-state index contributed by atoms with van der Waals surface area (Å²) in [5.41, 5.74) is 6.37. The summed E-state index contributed by atoms with van der Waals surface area (Å²) in [6, 6.07) is 16.5. The number of hydrogen-bond donors (Lipinski definition) is 1. The van der Waals surface area contributed by atoms with E-state index in [2.05, 4.69) is 56.2 Å². The zero-order valence-electron chi connectivity index (χ0n) is 15.8. The Morgan fingerprint density at radius 3 is 1.81 bits per heavy atom. The average molecular weight is 345 g/mol. The van der Waals surface area contributed by atoms with Crippen LogP contribution in [0.2, 0.25) is 0 Å². The Morgan fingerprint density at radius 2 is 1.31 bits per heavy atom. The van der Waals surface area contributed by atoms with Crippen LogP contribution in [-0.2, 0) is 0 Å². The summed E-state index contributed by atoms with van der Waals surface area (Å²) in [7, 11) is 8.15. The Kier molecular flexibility index (Phi) is 5.32. The van der Waals surface area contributed by atoms with Crippen molar-refractivity contribution in [2.45, 2.75) is 0 Å². The third kappa shape index (κ3) is 4.48. The van der Waals surface area contributed by atoms with Crippen LogP contribution in [0.4, 0.5) is 22.7 Å². The van der Waals surface area contributed by atoms with E-state index in [-0.39, 0.29) is 0 Å². The fraction of sp³-hybridized carbons (Fsp3) is 0.182. The van der Waals surface area contributed by atoms with E-state index in [1.165, 1.54) is 11.4 Å². The van der Waals surface area contributed by atoms with Crippen LogP contribution in [-0.4, -0.2) is 44.2 Å². The molecule has 132 valence electrons. The van der Waals surface area contributed by atoms with Crippen LogP contribution >= 0.6 is 0 Å². The Labute approximate surface area is 155 Å². The first-order chi connectivity index (χ1) is 12.5. The van der Waals surface area contributed by atoms with Crippen molar-refractivity contribution in [2.24, 2.45) is 4.99 Å². The molecule has 26 heavy (non-hydrogen) atoms. The summed E-state index contributed by atoms with van der Waals surface area (Å²) in [5.74, 6) is 0. The van der Waals surface area contributed by atoms with Gasteiger partial charge in [-0.1, -0.05) is 0 Å². The molecule has 0 atom stereocenters. The second-order valence-electron chi connectivity index (χ2n) is 6.64. The van der Waals surface area contributed by atoms with Gasteiger partial charge in [-0.25, -0.2) is 9.57 Å². The van der Waals surface area contributed by atoms with E-state index >= 15 is 0 Å². The van der Waals surface area contributed by atoms with Crippen molar-refractivity contribution in [2.75, 3.05) is 38.4 Å².